The van der Waals surface area contributed by atoms with Crippen LogP contribution in [0.5, 0.6) is 0 Å². The second kappa shape index (κ2) is 21.3. The first-order chi connectivity index (χ1) is 23.6. The van der Waals surface area contributed by atoms with E-state index in [4.69, 9.17) is 23.7 Å². The number of nitrogens with zero attached hydrogens (tertiary/aromatic N) is 1. The lowest BCUT2D eigenvalue weighted by atomic mass is 9.89. The second-order valence-corrected chi connectivity index (χ2v) is 14.3. The quantitative estimate of drug-likeness (QED) is 0.0929. The number of hydrogen-bond acceptors (Lipinski definition) is 7. The number of thiophene rings is 1. The zero-order chi connectivity index (χ0) is 34.1. The summed E-state index contributed by atoms with van der Waals surface area (Å²) in [5, 5.41) is 1.32. The van der Waals surface area contributed by atoms with Crippen LogP contribution < -0.4 is 4.90 Å². The van der Waals surface area contributed by atoms with E-state index in [-0.39, 0.29) is 30.5 Å². The van der Waals surface area contributed by atoms with Crippen molar-refractivity contribution < 1.29 is 23.7 Å². The highest BCUT2D eigenvalue weighted by Gasteiger charge is 2.48. The van der Waals surface area contributed by atoms with Gasteiger partial charge in [0.1, 0.15) is 30.5 Å². The number of fused-ring (bicyclic) bond motifs is 1. The van der Waals surface area contributed by atoms with Gasteiger partial charge >= 0.3 is 0 Å². The van der Waals surface area contributed by atoms with E-state index in [0.717, 1.165) is 83.0 Å². The molecule has 3 aromatic rings. The molecule has 1 saturated heterocycles. The van der Waals surface area contributed by atoms with Gasteiger partial charge in [-0.2, -0.15) is 0 Å². The maximum atomic E-state index is 7.03. The third kappa shape index (κ3) is 11.0. The first-order valence-corrected chi connectivity index (χ1v) is 19.8. The average Bonchev–Trinajstić information content (AvgIpc) is 3.50. The van der Waals surface area contributed by atoms with Crippen LogP contribution in [0.25, 0.3) is 10.1 Å². The summed E-state index contributed by atoms with van der Waals surface area (Å²) in [4.78, 5) is 3.77. The highest BCUT2D eigenvalue weighted by Crippen LogP contribution is 2.39. The summed E-state index contributed by atoms with van der Waals surface area (Å²) in [6.07, 6.45) is 7.97. The van der Waals surface area contributed by atoms with Crippen molar-refractivity contribution in [3.05, 3.63) is 64.5 Å². The Bertz CT molecular complexity index is 1310. The molecule has 48 heavy (non-hydrogen) atoms. The molecule has 6 nitrogen and oxygen atoms in total. The summed E-state index contributed by atoms with van der Waals surface area (Å²) in [7, 11) is 0. The van der Waals surface area contributed by atoms with Gasteiger partial charge in [0.05, 0.1) is 6.61 Å². The molecule has 0 aliphatic carbocycles. The van der Waals surface area contributed by atoms with E-state index in [9.17, 15) is 0 Å². The molecule has 4 rings (SSSR count). The number of hydrogen-bond donors (Lipinski definition) is 0. The van der Waals surface area contributed by atoms with E-state index < -0.39 is 0 Å². The summed E-state index contributed by atoms with van der Waals surface area (Å²) < 4.78 is 34.7. The first-order valence-electron chi connectivity index (χ1n) is 19.0. The molecular weight excluding hydrogens is 619 g/mol. The van der Waals surface area contributed by atoms with Crippen molar-refractivity contribution in [2.75, 3.05) is 51.0 Å². The van der Waals surface area contributed by atoms with Crippen molar-refractivity contribution in [1.29, 1.82) is 0 Å². The minimum Gasteiger partial charge on any atom is -0.379 e. The largest absolute Gasteiger partial charge is 0.379 e. The van der Waals surface area contributed by atoms with E-state index in [0.29, 0.717) is 26.4 Å². The number of unbranched alkanes of at least 4 members (excludes halogenated alkanes) is 4. The van der Waals surface area contributed by atoms with Crippen LogP contribution in [0, 0.1) is 0 Å². The predicted octanol–water partition coefficient (Wildman–Crippen LogP) is 10.2. The van der Waals surface area contributed by atoms with Crippen LogP contribution in [-0.4, -0.2) is 70.5 Å². The lowest BCUT2D eigenvalue weighted by Crippen LogP contribution is -2.58. The molecule has 1 unspecified atom stereocenters. The molecule has 0 saturated carbocycles. The van der Waals surface area contributed by atoms with Gasteiger partial charge in [-0.3, -0.25) is 0 Å². The van der Waals surface area contributed by atoms with Crippen molar-refractivity contribution in [3.63, 3.8) is 0 Å². The van der Waals surface area contributed by atoms with E-state index in [1.54, 1.807) is 0 Å². The summed E-state index contributed by atoms with van der Waals surface area (Å²) in [5.74, 6) is 0. The van der Waals surface area contributed by atoms with E-state index in [2.05, 4.69) is 95.0 Å². The Morgan fingerprint density at radius 3 is 2.00 bits per heavy atom. The molecule has 0 spiro atoms. The Morgan fingerprint density at radius 2 is 1.33 bits per heavy atom. The fraction of sp³-hybridized carbons (Fsp3) is 0.659. The molecule has 1 aliphatic heterocycles. The standard InChI is InChI=1S/C41H63NO5S/c1-7-13-22-43-30-36-39(44-23-14-8-2)41(46-25-16-10-4)40(45-24-15-9-3)38(47-36)32-19-17-18-31(26-32)27-35-29-33-28-34(42(11-5)12-6)20-21-37(33)48-35/h17-21,26,28-29,36,38-41H,7-16,22-25,27,30H2,1-6H3/t36-,38+,39-,40+,41?/m1/s1. The topological polar surface area (TPSA) is 49.4 Å². The van der Waals surface area contributed by atoms with Gasteiger partial charge < -0.3 is 28.6 Å². The Kier molecular flexibility index (Phi) is 17.2. The Morgan fingerprint density at radius 1 is 0.688 bits per heavy atom. The normalized spacial score (nSPS) is 21.2. The van der Waals surface area contributed by atoms with Crippen LogP contribution in [0.3, 0.4) is 0 Å². The van der Waals surface area contributed by atoms with Gasteiger partial charge in [0.15, 0.2) is 0 Å². The van der Waals surface area contributed by atoms with E-state index in [1.807, 2.05) is 11.3 Å². The van der Waals surface area contributed by atoms with Gasteiger partial charge in [0.2, 0.25) is 0 Å². The smallest absolute Gasteiger partial charge is 0.117 e. The number of rotatable bonds is 23. The summed E-state index contributed by atoms with van der Waals surface area (Å²) in [6.45, 7) is 18.5. The van der Waals surface area contributed by atoms with Crippen molar-refractivity contribution in [2.24, 2.45) is 0 Å². The van der Waals surface area contributed by atoms with E-state index in [1.165, 1.54) is 26.2 Å². The monoisotopic (exact) mass is 681 g/mol. The van der Waals surface area contributed by atoms with Crippen LogP contribution >= 0.6 is 11.3 Å². The molecule has 5 atom stereocenters. The zero-order valence-electron chi connectivity index (χ0n) is 30.7. The molecule has 7 heteroatoms. The Labute approximate surface area is 295 Å². The molecular formula is C41H63NO5S. The van der Waals surface area contributed by atoms with Crippen LogP contribution in [0.15, 0.2) is 48.5 Å². The number of anilines is 1. The zero-order valence-corrected chi connectivity index (χ0v) is 31.5. The third-order valence-electron chi connectivity index (χ3n) is 9.32. The Balaban J connectivity index is 1.64. The molecule has 0 radical (unpaired) electrons. The molecule has 2 aromatic carbocycles. The fourth-order valence-electron chi connectivity index (χ4n) is 6.47. The van der Waals surface area contributed by atoms with Gasteiger partial charge in [-0.15, -0.1) is 11.3 Å². The van der Waals surface area contributed by atoms with Gasteiger partial charge in [-0.1, -0.05) is 77.6 Å². The van der Waals surface area contributed by atoms with Gasteiger partial charge in [-0.25, -0.2) is 0 Å². The third-order valence-corrected chi connectivity index (χ3v) is 10.4. The molecule has 268 valence electrons. The first kappa shape index (κ1) is 38.8. The van der Waals surface area contributed by atoms with Gasteiger partial charge in [0, 0.05) is 61.2 Å². The Hall–Kier alpha value is -2.00. The maximum Gasteiger partial charge on any atom is 0.117 e. The lowest BCUT2D eigenvalue weighted by molar-refractivity contribution is -0.268. The molecule has 0 amide bonds. The van der Waals surface area contributed by atoms with Crippen LogP contribution in [0.2, 0.25) is 0 Å². The summed E-state index contributed by atoms with van der Waals surface area (Å²) in [5.41, 5.74) is 3.70. The molecule has 2 heterocycles. The van der Waals surface area contributed by atoms with Gasteiger partial charge in [0.25, 0.3) is 0 Å². The minimum atomic E-state index is -0.279. The molecule has 1 aromatic heterocycles. The second-order valence-electron chi connectivity index (χ2n) is 13.1. The number of ether oxygens (including phenoxy) is 5. The highest BCUT2D eigenvalue weighted by molar-refractivity contribution is 7.19. The van der Waals surface area contributed by atoms with E-state index >= 15 is 0 Å². The summed E-state index contributed by atoms with van der Waals surface area (Å²) in [6, 6.07) is 18.2. The lowest BCUT2D eigenvalue weighted by Gasteiger charge is -2.46. The molecule has 1 aliphatic rings. The SMILES string of the molecule is CCCCOC[C@H]1O[C@@H](c2cccc(Cc3cc4cc(N(CC)CC)ccc4s3)c2)[C@H](OCCCC)C(OCCCC)[C@@H]1OCCCC. The predicted molar refractivity (Wildman–Crippen MR) is 202 cm³/mol. The van der Waals surface area contributed by atoms with Crippen molar-refractivity contribution >= 4 is 27.1 Å². The minimum absolute atomic E-state index is 0.241. The van der Waals surface area contributed by atoms with Crippen molar-refractivity contribution in [2.45, 2.75) is 130 Å². The highest BCUT2D eigenvalue weighted by atomic mass is 32.1. The van der Waals surface area contributed by atoms with Gasteiger partial charge in [-0.05, 0) is 80.3 Å². The fourth-order valence-corrected chi connectivity index (χ4v) is 7.55. The van der Waals surface area contributed by atoms with Crippen LogP contribution in [0.4, 0.5) is 5.69 Å². The molecule has 0 bridgehead atoms. The van der Waals surface area contributed by atoms with Crippen LogP contribution in [0.1, 0.15) is 115 Å². The molecule has 0 N–H and O–H groups in total. The van der Waals surface area contributed by atoms with Crippen LogP contribution in [-0.2, 0) is 30.1 Å². The summed E-state index contributed by atoms with van der Waals surface area (Å²) >= 11 is 1.89. The van der Waals surface area contributed by atoms with Crippen molar-refractivity contribution in [1.82, 2.24) is 0 Å². The maximum absolute atomic E-state index is 7.03. The van der Waals surface area contributed by atoms with Crippen molar-refractivity contribution in [3.8, 4) is 0 Å². The molecule has 1 fully saturated rings. The number of benzene rings is 2. The average molecular weight is 682 g/mol.